The zero-order valence-electron chi connectivity index (χ0n) is 15.5. The zero-order valence-corrected chi connectivity index (χ0v) is 16.3. The van der Waals surface area contributed by atoms with Crippen molar-refractivity contribution in [2.24, 2.45) is 0 Å². The van der Waals surface area contributed by atoms with Crippen LogP contribution in [0.3, 0.4) is 0 Å². The van der Waals surface area contributed by atoms with Crippen LogP contribution < -0.4 is 0 Å². The summed E-state index contributed by atoms with van der Waals surface area (Å²) in [6, 6.07) is 7.62. The lowest BCUT2D eigenvalue weighted by molar-refractivity contribution is 0.154. The van der Waals surface area contributed by atoms with Gasteiger partial charge in [0.2, 0.25) is 5.95 Å². The molecule has 2 heterocycles. The number of rotatable bonds is 5. The summed E-state index contributed by atoms with van der Waals surface area (Å²) >= 11 is 0. The number of nitrogens with zero attached hydrogens (tertiary/aromatic N) is 3. The number of carbonyl (C=O) groups is 1. The molecule has 1 amide bonds. The van der Waals surface area contributed by atoms with Crippen LogP contribution in [0.4, 0.5) is 13.6 Å². The number of hydrogen-bond donors (Lipinski definition) is 1. The van der Waals surface area contributed by atoms with Crippen LogP contribution in [0.25, 0.3) is 11.3 Å². The van der Waals surface area contributed by atoms with Gasteiger partial charge in [-0.25, -0.2) is 26.6 Å². The Morgan fingerprint density at radius 3 is 2.59 bits per heavy atom. The molecule has 0 spiro atoms. The maximum absolute atomic E-state index is 14.3. The minimum atomic E-state index is -4.29. The SMILES string of the molecule is Cc1ccc(S(=O)(=O)n2cc(CN(C)C(=O)O)cc2-c2cccnc2F)cc1F. The van der Waals surface area contributed by atoms with Gasteiger partial charge in [-0.2, -0.15) is 4.39 Å². The molecule has 152 valence electrons. The molecule has 2 aromatic heterocycles. The van der Waals surface area contributed by atoms with Crippen LogP contribution in [-0.4, -0.2) is 40.5 Å². The van der Waals surface area contributed by atoms with Crippen LogP contribution in [0.15, 0.2) is 53.7 Å². The summed E-state index contributed by atoms with van der Waals surface area (Å²) in [5, 5.41) is 9.06. The lowest BCUT2D eigenvalue weighted by atomic mass is 10.2. The first-order chi connectivity index (χ1) is 13.6. The van der Waals surface area contributed by atoms with E-state index in [4.69, 9.17) is 5.11 Å². The van der Waals surface area contributed by atoms with Crippen molar-refractivity contribution in [1.29, 1.82) is 0 Å². The maximum atomic E-state index is 14.3. The van der Waals surface area contributed by atoms with Crippen LogP contribution in [0.1, 0.15) is 11.1 Å². The summed E-state index contributed by atoms with van der Waals surface area (Å²) in [6.45, 7) is 1.37. The Morgan fingerprint density at radius 2 is 1.97 bits per heavy atom. The number of benzene rings is 1. The van der Waals surface area contributed by atoms with Crippen molar-refractivity contribution in [2.75, 3.05) is 7.05 Å². The number of carboxylic acid groups (broad SMARTS) is 1. The summed E-state index contributed by atoms with van der Waals surface area (Å²) in [4.78, 5) is 15.3. The quantitative estimate of drug-likeness (QED) is 0.637. The van der Waals surface area contributed by atoms with Gasteiger partial charge < -0.3 is 10.0 Å². The predicted octanol–water partition coefficient (Wildman–Crippen LogP) is 3.48. The van der Waals surface area contributed by atoms with Crippen LogP contribution >= 0.6 is 0 Å². The van der Waals surface area contributed by atoms with E-state index in [0.29, 0.717) is 5.56 Å². The van der Waals surface area contributed by atoms with Crippen molar-refractivity contribution in [3.63, 3.8) is 0 Å². The highest BCUT2D eigenvalue weighted by molar-refractivity contribution is 7.90. The van der Waals surface area contributed by atoms with Gasteiger partial charge in [0.1, 0.15) is 5.82 Å². The fraction of sp³-hybridized carbons (Fsp3) is 0.158. The number of aromatic nitrogens is 2. The summed E-state index contributed by atoms with van der Waals surface area (Å²) in [5.74, 6) is -1.59. The Labute approximate surface area is 165 Å². The molecule has 3 rings (SSSR count). The molecule has 0 saturated heterocycles. The van der Waals surface area contributed by atoms with Crippen molar-refractivity contribution >= 4 is 16.1 Å². The summed E-state index contributed by atoms with van der Waals surface area (Å²) in [5.41, 5.74) is 0.446. The minimum Gasteiger partial charge on any atom is -0.465 e. The van der Waals surface area contributed by atoms with E-state index in [0.717, 1.165) is 14.9 Å². The fourth-order valence-electron chi connectivity index (χ4n) is 2.74. The highest BCUT2D eigenvalue weighted by Crippen LogP contribution is 2.29. The third kappa shape index (κ3) is 3.97. The number of pyridine rings is 1. The van der Waals surface area contributed by atoms with Gasteiger partial charge in [0.15, 0.2) is 0 Å². The van der Waals surface area contributed by atoms with Crippen molar-refractivity contribution in [1.82, 2.24) is 13.9 Å². The summed E-state index contributed by atoms with van der Waals surface area (Å²) in [7, 11) is -2.98. The summed E-state index contributed by atoms with van der Waals surface area (Å²) in [6.07, 6.45) is 1.19. The van der Waals surface area contributed by atoms with Crippen molar-refractivity contribution < 1.29 is 27.1 Å². The van der Waals surface area contributed by atoms with Crippen LogP contribution in [0, 0.1) is 18.7 Å². The van der Waals surface area contributed by atoms with E-state index in [2.05, 4.69) is 4.98 Å². The van der Waals surface area contributed by atoms with E-state index in [1.165, 1.54) is 56.7 Å². The molecule has 0 radical (unpaired) electrons. The second-order valence-electron chi connectivity index (χ2n) is 6.43. The topological polar surface area (TPSA) is 92.5 Å². The molecule has 29 heavy (non-hydrogen) atoms. The average Bonchev–Trinajstić information content (AvgIpc) is 3.08. The molecule has 0 atom stereocenters. The van der Waals surface area contributed by atoms with Gasteiger partial charge in [-0.3, -0.25) is 0 Å². The average molecular weight is 421 g/mol. The monoisotopic (exact) mass is 421 g/mol. The molecule has 0 aliphatic heterocycles. The molecular formula is C19H17F2N3O4S. The molecule has 1 aromatic carbocycles. The number of aryl methyl sites for hydroxylation is 1. The Morgan fingerprint density at radius 1 is 1.24 bits per heavy atom. The van der Waals surface area contributed by atoms with Crippen LogP contribution in [-0.2, 0) is 16.6 Å². The molecule has 1 N–H and O–H groups in total. The van der Waals surface area contributed by atoms with Crippen molar-refractivity contribution in [3.8, 4) is 11.3 Å². The number of halogens is 2. The minimum absolute atomic E-state index is 0.0506. The molecule has 0 aliphatic rings. The standard InChI is InChI=1S/C19H17F2N3O4S/c1-12-5-6-14(9-16(12)20)29(27,28)24-11-13(10-23(2)19(25)26)8-17(24)15-4-3-7-22-18(15)21/h3-9,11H,10H2,1-2H3,(H,25,26). The molecule has 3 aromatic rings. The molecule has 0 aliphatic carbocycles. The van der Waals surface area contributed by atoms with Gasteiger partial charge in [-0.15, -0.1) is 0 Å². The first-order valence-corrected chi connectivity index (χ1v) is 9.83. The van der Waals surface area contributed by atoms with E-state index in [-0.39, 0.29) is 28.3 Å². The highest BCUT2D eigenvalue weighted by Gasteiger charge is 2.25. The Balaban J connectivity index is 2.20. The highest BCUT2D eigenvalue weighted by atomic mass is 32.2. The first-order valence-electron chi connectivity index (χ1n) is 8.39. The lowest BCUT2D eigenvalue weighted by Gasteiger charge is -2.12. The second-order valence-corrected chi connectivity index (χ2v) is 8.24. The number of amides is 1. The lowest BCUT2D eigenvalue weighted by Crippen LogP contribution is -2.23. The molecule has 0 saturated carbocycles. The molecular weight excluding hydrogens is 404 g/mol. The normalized spacial score (nSPS) is 11.4. The van der Waals surface area contributed by atoms with Gasteiger partial charge in [-0.05, 0) is 48.4 Å². The van der Waals surface area contributed by atoms with Gasteiger partial charge in [0, 0.05) is 19.4 Å². The second kappa shape index (κ2) is 7.63. The Hall–Kier alpha value is -3.27. The van der Waals surface area contributed by atoms with Crippen LogP contribution in [0.2, 0.25) is 0 Å². The van der Waals surface area contributed by atoms with E-state index < -0.39 is 27.9 Å². The van der Waals surface area contributed by atoms with Gasteiger partial charge >= 0.3 is 6.09 Å². The molecule has 7 nitrogen and oxygen atoms in total. The third-order valence-electron chi connectivity index (χ3n) is 4.32. The van der Waals surface area contributed by atoms with E-state index in [9.17, 15) is 22.0 Å². The van der Waals surface area contributed by atoms with Crippen LogP contribution in [0.5, 0.6) is 0 Å². The van der Waals surface area contributed by atoms with Gasteiger partial charge in [0.25, 0.3) is 10.0 Å². The third-order valence-corrected chi connectivity index (χ3v) is 5.99. The van der Waals surface area contributed by atoms with Crippen molar-refractivity contribution in [3.05, 3.63) is 71.7 Å². The molecule has 0 bridgehead atoms. The Kier molecular flexibility index (Phi) is 5.38. The zero-order chi connectivity index (χ0) is 21.3. The van der Waals surface area contributed by atoms with E-state index >= 15 is 0 Å². The molecule has 0 fully saturated rings. The molecule has 10 heteroatoms. The fourth-order valence-corrected chi connectivity index (χ4v) is 4.15. The largest absolute Gasteiger partial charge is 0.465 e. The smallest absolute Gasteiger partial charge is 0.407 e. The summed E-state index contributed by atoms with van der Waals surface area (Å²) < 4.78 is 55.4. The first kappa shape index (κ1) is 20.5. The number of hydrogen-bond acceptors (Lipinski definition) is 4. The Bertz CT molecular complexity index is 1190. The van der Waals surface area contributed by atoms with E-state index in [1.807, 2.05) is 0 Å². The van der Waals surface area contributed by atoms with Gasteiger partial charge in [0.05, 0.1) is 22.7 Å². The maximum Gasteiger partial charge on any atom is 0.407 e. The van der Waals surface area contributed by atoms with Crippen molar-refractivity contribution in [2.45, 2.75) is 18.4 Å². The van der Waals surface area contributed by atoms with Gasteiger partial charge in [-0.1, -0.05) is 6.07 Å². The van der Waals surface area contributed by atoms with E-state index in [1.54, 1.807) is 0 Å². The molecule has 0 unspecified atom stereocenters. The predicted molar refractivity (Wildman–Crippen MR) is 101 cm³/mol.